The molecular weight excluding hydrogens is 459 g/mol. The maximum Gasteiger partial charge on any atom is 0.490 e. The van der Waals surface area contributed by atoms with Gasteiger partial charge in [0.05, 0.1) is 6.61 Å². The standard InChI is InChI=1S/C21H23NO5.C2HF3O2/c1-2-26-18-8-3-4-9-19(18)27-20(21(24)25)11-10-17(23)16-7-5-6-15(14-16)12-13-22;3-2(4,5)1(6)7/h3-11,14,20H,2,12-13,22H2,1H3,(H,24,25);(H,6,7). The molecule has 0 bridgehead atoms. The molecule has 1 atom stereocenters. The summed E-state index contributed by atoms with van der Waals surface area (Å²) in [4.78, 5) is 32.8. The summed E-state index contributed by atoms with van der Waals surface area (Å²) in [5.74, 6) is -3.52. The molecule has 2 rings (SSSR count). The Bertz CT molecular complexity index is 1010. The van der Waals surface area contributed by atoms with Gasteiger partial charge < -0.3 is 25.4 Å². The average Bonchev–Trinajstić information content (AvgIpc) is 2.77. The second-order valence-corrected chi connectivity index (χ2v) is 6.52. The number of hydrogen-bond acceptors (Lipinski definition) is 6. The summed E-state index contributed by atoms with van der Waals surface area (Å²) in [5.41, 5.74) is 6.96. The van der Waals surface area contributed by atoms with Crippen molar-refractivity contribution in [3.63, 3.8) is 0 Å². The van der Waals surface area contributed by atoms with E-state index in [1.807, 2.05) is 13.0 Å². The van der Waals surface area contributed by atoms with Crippen LogP contribution in [0.25, 0.3) is 0 Å². The first-order valence-corrected chi connectivity index (χ1v) is 9.92. The van der Waals surface area contributed by atoms with Crippen LogP contribution in [-0.2, 0) is 16.0 Å². The molecule has 0 aliphatic heterocycles. The van der Waals surface area contributed by atoms with Crippen molar-refractivity contribution < 1.29 is 47.2 Å². The average molecular weight is 483 g/mol. The van der Waals surface area contributed by atoms with Gasteiger partial charge in [0.1, 0.15) is 0 Å². The minimum absolute atomic E-state index is 0.300. The number of nitrogens with two attached hydrogens (primary N) is 1. The highest BCUT2D eigenvalue weighted by Gasteiger charge is 2.38. The lowest BCUT2D eigenvalue weighted by molar-refractivity contribution is -0.192. The second kappa shape index (κ2) is 13.6. The molecule has 4 N–H and O–H groups in total. The minimum Gasteiger partial charge on any atom is -0.490 e. The van der Waals surface area contributed by atoms with E-state index in [-0.39, 0.29) is 5.78 Å². The molecule has 2 aromatic carbocycles. The van der Waals surface area contributed by atoms with Gasteiger partial charge in [-0.15, -0.1) is 0 Å². The van der Waals surface area contributed by atoms with Gasteiger partial charge in [-0.05, 0) is 55.8 Å². The molecule has 0 spiro atoms. The smallest absolute Gasteiger partial charge is 0.490 e. The molecule has 0 radical (unpaired) electrons. The first-order chi connectivity index (χ1) is 16.0. The maximum absolute atomic E-state index is 12.4. The lowest BCUT2D eigenvalue weighted by Crippen LogP contribution is -2.25. The fourth-order valence-electron chi connectivity index (χ4n) is 2.45. The fraction of sp³-hybridized carbons (Fsp3) is 0.261. The summed E-state index contributed by atoms with van der Waals surface area (Å²) >= 11 is 0. The van der Waals surface area contributed by atoms with Crippen LogP contribution in [-0.4, -0.2) is 53.4 Å². The van der Waals surface area contributed by atoms with E-state index in [9.17, 15) is 27.9 Å². The van der Waals surface area contributed by atoms with Crippen LogP contribution in [0, 0.1) is 0 Å². The molecule has 1 unspecified atom stereocenters. The van der Waals surface area contributed by atoms with Crippen LogP contribution in [0.15, 0.2) is 60.7 Å². The van der Waals surface area contributed by atoms with Crippen molar-refractivity contribution in [2.24, 2.45) is 5.73 Å². The van der Waals surface area contributed by atoms with Crippen molar-refractivity contribution >= 4 is 17.7 Å². The summed E-state index contributed by atoms with van der Waals surface area (Å²) in [7, 11) is 0. The molecule has 184 valence electrons. The molecule has 0 amide bonds. The third-order valence-corrected chi connectivity index (χ3v) is 3.96. The van der Waals surface area contributed by atoms with Crippen molar-refractivity contribution in [3.05, 3.63) is 71.8 Å². The van der Waals surface area contributed by atoms with Crippen LogP contribution in [0.4, 0.5) is 13.2 Å². The first-order valence-electron chi connectivity index (χ1n) is 9.92. The monoisotopic (exact) mass is 483 g/mol. The number of rotatable bonds is 10. The zero-order valence-corrected chi connectivity index (χ0v) is 18.1. The SMILES string of the molecule is CCOc1ccccc1OC(C=CC(=O)c1cccc(CCN)c1)C(=O)O.O=C(O)C(F)(F)F. The molecule has 8 nitrogen and oxygen atoms in total. The van der Waals surface area contributed by atoms with E-state index in [1.165, 1.54) is 12.2 Å². The van der Waals surface area contributed by atoms with Crippen LogP contribution in [0.3, 0.4) is 0 Å². The number of aliphatic carboxylic acids is 2. The Balaban J connectivity index is 0.000000718. The van der Waals surface area contributed by atoms with Gasteiger partial charge in [-0.1, -0.05) is 30.3 Å². The quantitative estimate of drug-likeness (QED) is 0.345. The van der Waals surface area contributed by atoms with Crippen LogP contribution >= 0.6 is 0 Å². The fourth-order valence-corrected chi connectivity index (χ4v) is 2.45. The second-order valence-electron chi connectivity index (χ2n) is 6.52. The van der Waals surface area contributed by atoms with Crippen LogP contribution in [0.2, 0.25) is 0 Å². The lowest BCUT2D eigenvalue weighted by Gasteiger charge is -2.15. The summed E-state index contributed by atoms with van der Waals surface area (Å²) in [6.45, 7) is 2.73. The summed E-state index contributed by atoms with van der Waals surface area (Å²) in [5, 5.41) is 16.5. The summed E-state index contributed by atoms with van der Waals surface area (Å²) < 4.78 is 42.7. The number of alkyl halides is 3. The highest BCUT2D eigenvalue weighted by atomic mass is 19.4. The molecule has 0 fully saturated rings. The van der Waals surface area contributed by atoms with E-state index < -0.39 is 24.2 Å². The zero-order valence-electron chi connectivity index (χ0n) is 18.1. The highest BCUT2D eigenvalue weighted by Crippen LogP contribution is 2.27. The van der Waals surface area contributed by atoms with E-state index >= 15 is 0 Å². The lowest BCUT2D eigenvalue weighted by atomic mass is 10.0. The first kappa shape index (κ1) is 28.2. The van der Waals surface area contributed by atoms with Gasteiger partial charge in [0.2, 0.25) is 6.10 Å². The van der Waals surface area contributed by atoms with Gasteiger partial charge in [-0.25, -0.2) is 9.59 Å². The number of carboxylic acids is 2. The number of benzene rings is 2. The van der Waals surface area contributed by atoms with Crippen molar-refractivity contribution in [1.82, 2.24) is 0 Å². The number of halogens is 3. The van der Waals surface area contributed by atoms with E-state index in [4.69, 9.17) is 25.1 Å². The minimum atomic E-state index is -5.08. The summed E-state index contributed by atoms with van der Waals surface area (Å²) in [6, 6.07) is 13.9. The van der Waals surface area contributed by atoms with Gasteiger partial charge in [-0.2, -0.15) is 13.2 Å². The van der Waals surface area contributed by atoms with Crippen LogP contribution < -0.4 is 15.2 Å². The van der Waals surface area contributed by atoms with Gasteiger partial charge in [-0.3, -0.25) is 4.79 Å². The van der Waals surface area contributed by atoms with Gasteiger partial charge in [0.25, 0.3) is 0 Å². The number of ether oxygens (including phenoxy) is 2. The third-order valence-electron chi connectivity index (χ3n) is 3.96. The largest absolute Gasteiger partial charge is 0.490 e. The Hall–Kier alpha value is -3.86. The molecule has 0 heterocycles. The number of para-hydroxylation sites is 2. The molecule has 0 aromatic heterocycles. The predicted molar refractivity (Wildman–Crippen MR) is 116 cm³/mol. The number of allylic oxidation sites excluding steroid dienone is 1. The number of carboxylic acid groups (broad SMARTS) is 2. The molecule has 0 aliphatic carbocycles. The van der Waals surface area contributed by atoms with Gasteiger partial charge in [0.15, 0.2) is 17.3 Å². The molecule has 0 saturated carbocycles. The number of hydrogen-bond donors (Lipinski definition) is 3. The van der Waals surface area contributed by atoms with Crippen molar-refractivity contribution in [3.8, 4) is 11.5 Å². The number of ketones is 1. The van der Waals surface area contributed by atoms with E-state index in [1.54, 1.807) is 42.5 Å². The third kappa shape index (κ3) is 9.74. The molecular formula is C23H24F3NO7. The van der Waals surface area contributed by atoms with Gasteiger partial charge in [0, 0.05) is 5.56 Å². The van der Waals surface area contributed by atoms with Crippen molar-refractivity contribution in [2.75, 3.05) is 13.2 Å². The Morgan fingerprint density at radius 1 is 1.06 bits per heavy atom. The van der Waals surface area contributed by atoms with E-state index in [0.717, 1.165) is 5.56 Å². The zero-order chi connectivity index (χ0) is 25.7. The van der Waals surface area contributed by atoms with Crippen LogP contribution in [0.5, 0.6) is 11.5 Å². The molecule has 11 heteroatoms. The Morgan fingerprint density at radius 2 is 1.68 bits per heavy atom. The number of carbonyl (C=O) groups is 3. The van der Waals surface area contributed by atoms with Crippen LogP contribution in [0.1, 0.15) is 22.8 Å². The van der Waals surface area contributed by atoms with Gasteiger partial charge >= 0.3 is 18.1 Å². The highest BCUT2D eigenvalue weighted by molar-refractivity contribution is 6.05. The summed E-state index contributed by atoms with van der Waals surface area (Å²) in [6.07, 6.45) is -3.30. The molecule has 2 aromatic rings. The molecule has 0 aliphatic rings. The maximum atomic E-state index is 12.4. The topological polar surface area (TPSA) is 136 Å². The van der Waals surface area contributed by atoms with Crippen molar-refractivity contribution in [2.45, 2.75) is 25.6 Å². The Labute approximate surface area is 193 Å². The normalized spacial score (nSPS) is 11.8. The van der Waals surface area contributed by atoms with E-state index in [2.05, 4.69) is 0 Å². The van der Waals surface area contributed by atoms with Crippen molar-refractivity contribution in [1.29, 1.82) is 0 Å². The Kier molecular flexibility index (Phi) is 11.3. The molecule has 34 heavy (non-hydrogen) atoms. The molecule has 0 saturated heterocycles. The van der Waals surface area contributed by atoms with E-state index in [0.29, 0.717) is 36.6 Å². The predicted octanol–water partition coefficient (Wildman–Crippen LogP) is 3.49. The number of carbonyl (C=O) groups excluding carboxylic acids is 1. The Morgan fingerprint density at radius 3 is 2.21 bits per heavy atom.